The van der Waals surface area contributed by atoms with Crippen LogP contribution in [0.3, 0.4) is 0 Å². The number of aromatic nitrogens is 1. The molecule has 0 bridgehead atoms. The number of nitro benzene ring substituents is 1. The van der Waals surface area contributed by atoms with Crippen molar-refractivity contribution < 1.29 is 9.72 Å². The van der Waals surface area contributed by atoms with E-state index < -0.39 is 4.92 Å². The summed E-state index contributed by atoms with van der Waals surface area (Å²) in [6.45, 7) is 3.59. The van der Waals surface area contributed by atoms with Crippen molar-refractivity contribution in [2.75, 3.05) is 0 Å². The zero-order valence-corrected chi connectivity index (χ0v) is 9.64. The van der Waals surface area contributed by atoms with Crippen LogP contribution in [-0.2, 0) is 11.3 Å². The Hall–Kier alpha value is -2.17. The van der Waals surface area contributed by atoms with Crippen molar-refractivity contribution >= 4 is 22.4 Å². The first-order valence-corrected chi connectivity index (χ1v) is 5.23. The summed E-state index contributed by atoms with van der Waals surface area (Å²) in [5.41, 5.74) is 1.66. The predicted octanol–water partition coefficient (Wildman–Crippen LogP) is 2.45. The van der Waals surface area contributed by atoms with Crippen LogP contribution in [0.1, 0.15) is 12.6 Å². The highest BCUT2D eigenvalue weighted by Crippen LogP contribution is 2.28. The predicted molar refractivity (Wildman–Crippen MR) is 64.0 cm³/mol. The summed E-state index contributed by atoms with van der Waals surface area (Å²) in [7, 11) is 0. The van der Waals surface area contributed by atoms with Gasteiger partial charge in [-0.05, 0) is 26.0 Å². The van der Waals surface area contributed by atoms with E-state index in [1.807, 2.05) is 6.92 Å². The van der Waals surface area contributed by atoms with Crippen molar-refractivity contribution in [1.82, 2.24) is 4.57 Å². The van der Waals surface area contributed by atoms with Gasteiger partial charge < -0.3 is 4.57 Å². The number of fused-ring (bicyclic) bond motifs is 1. The van der Waals surface area contributed by atoms with E-state index in [0.717, 1.165) is 11.2 Å². The number of nitrogens with zero attached hydrogens (tertiary/aromatic N) is 2. The SMILES string of the molecule is CC(=O)Cn1c(C)cc2c([N+](=O)[O-])cccc21. The average Bonchev–Trinajstić information content (AvgIpc) is 2.54. The number of nitro groups is 1. The Labute approximate surface area is 97.8 Å². The van der Waals surface area contributed by atoms with Crippen LogP contribution in [0, 0.1) is 17.0 Å². The van der Waals surface area contributed by atoms with Crippen molar-refractivity contribution in [1.29, 1.82) is 0 Å². The zero-order chi connectivity index (χ0) is 12.6. The van der Waals surface area contributed by atoms with E-state index in [-0.39, 0.29) is 18.0 Å². The summed E-state index contributed by atoms with van der Waals surface area (Å²) in [5.74, 6) is 0.0251. The molecule has 17 heavy (non-hydrogen) atoms. The number of carbonyl (C=O) groups excluding carboxylic acids is 1. The first-order chi connectivity index (χ1) is 8.00. The summed E-state index contributed by atoms with van der Waals surface area (Å²) in [5, 5.41) is 11.5. The summed E-state index contributed by atoms with van der Waals surface area (Å²) in [6, 6.07) is 6.64. The first-order valence-electron chi connectivity index (χ1n) is 5.23. The monoisotopic (exact) mass is 232 g/mol. The minimum absolute atomic E-state index is 0.0251. The number of carbonyl (C=O) groups is 1. The third kappa shape index (κ3) is 1.91. The number of hydrogen-bond donors (Lipinski definition) is 0. The first kappa shape index (κ1) is 11.3. The largest absolute Gasteiger partial charge is 0.337 e. The van der Waals surface area contributed by atoms with Crippen molar-refractivity contribution in [3.05, 3.63) is 40.1 Å². The zero-order valence-electron chi connectivity index (χ0n) is 9.64. The van der Waals surface area contributed by atoms with Crippen LogP contribution in [0.25, 0.3) is 10.9 Å². The van der Waals surface area contributed by atoms with Crippen LogP contribution >= 0.6 is 0 Å². The number of ketones is 1. The van der Waals surface area contributed by atoms with Crippen LogP contribution in [0.5, 0.6) is 0 Å². The van der Waals surface area contributed by atoms with Crippen LogP contribution in [0.2, 0.25) is 0 Å². The van der Waals surface area contributed by atoms with Gasteiger partial charge in [-0.15, -0.1) is 0 Å². The summed E-state index contributed by atoms with van der Waals surface area (Å²) < 4.78 is 1.80. The highest BCUT2D eigenvalue weighted by atomic mass is 16.6. The standard InChI is InChI=1S/C12H12N2O3/c1-8-6-10-11(13(8)7-9(2)15)4-3-5-12(10)14(16)17/h3-6H,7H2,1-2H3. The molecule has 0 spiro atoms. The quantitative estimate of drug-likeness (QED) is 0.603. The molecular weight excluding hydrogens is 220 g/mol. The van der Waals surface area contributed by atoms with Crippen molar-refractivity contribution in [2.45, 2.75) is 20.4 Å². The number of non-ortho nitro benzene ring substituents is 1. The van der Waals surface area contributed by atoms with E-state index in [4.69, 9.17) is 0 Å². The number of Topliss-reactive ketones (excluding diaryl/α,β-unsaturated/α-hetero) is 1. The van der Waals surface area contributed by atoms with E-state index in [1.54, 1.807) is 22.8 Å². The van der Waals surface area contributed by atoms with Gasteiger partial charge in [-0.25, -0.2) is 0 Å². The molecule has 2 aromatic rings. The molecule has 0 radical (unpaired) electrons. The Bertz CT molecular complexity index is 613. The number of hydrogen-bond acceptors (Lipinski definition) is 3. The van der Waals surface area contributed by atoms with Gasteiger partial charge in [0, 0.05) is 11.8 Å². The molecule has 0 unspecified atom stereocenters. The van der Waals surface area contributed by atoms with Gasteiger partial charge in [-0.3, -0.25) is 14.9 Å². The molecule has 1 heterocycles. The summed E-state index contributed by atoms with van der Waals surface area (Å²) in [4.78, 5) is 21.7. The Kier molecular flexibility index (Phi) is 2.67. The second-order valence-corrected chi connectivity index (χ2v) is 4.04. The van der Waals surface area contributed by atoms with Gasteiger partial charge in [0.15, 0.2) is 0 Å². The van der Waals surface area contributed by atoms with E-state index in [1.165, 1.54) is 13.0 Å². The van der Waals surface area contributed by atoms with Gasteiger partial charge in [0.25, 0.3) is 5.69 Å². The molecule has 1 aromatic carbocycles. The minimum Gasteiger partial charge on any atom is -0.337 e. The topological polar surface area (TPSA) is 65.1 Å². The van der Waals surface area contributed by atoms with Crippen LogP contribution in [0.4, 0.5) is 5.69 Å². The number of benzene rings is 1. The molecule has 5 nitrogen and oxygen atoms in total. The third-order valence-corrected chi connectivity index (χ3v) is 2.71. The fraction of sp³-hybridized carbons (Fsp3) is 0.250. The van der Waals surface area contributed by atoms with Gasteiger partial charge >= 0.3 is 0 Å². The normalized spacial score (nSPS) is 10.7. The second-order valence-electron chi connectivity index (χ2n) is 4.04. The Morgan fingerprint density at radius 2 is 2.18 bits per heavy atom. The molecule has 1 aromatic heterocycles. The fourth-order valence-corrected chi connectivity index (χ4v) is 1.99. The summed E-state index contributed by atoms with van der Waals surface area (Å²) in [6.07, 6.45) is 0. The Morgan fingerprint density at radius 3 is 2.76 bits per heavy atom. The molecule has 0 fully saturated rings. The lowest BCUT2D eigenvalue weighted by Gasteiger charge is -2.04. The van der Waals surface area contributed by atoms with E-state index in [2.05, 4.69) is 0 Å². The molecule has 0 amide bonds. The van der Waals surface area contributed by atoms with Gasteiger partial charge in [-0.2, -0.15) is 0 Å². The second kappa shape index (κ2) is 4.01. The minimum atomic E-state index is -0.403. The fourth-order valence-electron chi connectivity index (χ4n) is 1.99. The van der Waals surface area contributed by atoms with Crippen molar-refractivity contribution in [3.63, 3.8) is 0 Å². The molecule has 0 aliphatic heterocycles. The van der Waals surface area contributed by atoms with Crippen molar-refractivity contribution in [2.24, 2.45) is 0 Å². The molecule has 0 aliphatic rings. The highest BCUT2D eigenvalue weighted by Gasteiger charge is 2.16. The smallest absolute Gasteiger partial charge is 0.278 e. The molecule has 0 saturated heterocycles. The molecule has 5 heteroatoms. The van der Waals surface area contributed by atoms with E-state index in [9.17, 15) is 14.9 Å². The van der Waals surface area contributed by atoms with Crippen molar-refractivity contribution in [3.8, 4) is 0 Å². The maximum absolute atomic E-state index is 11.2. The average molecular weight is 232 g/mol. The molecule has 88 valence electrons. The molecule has 0 N–H and O–H groups in total. The molecule has 0 aliphatic carbocycles. The summed E-state index contributed by atoms with van der Waals surface area (Å²) >= 11 is 0. The molecular formula is C12H12N2O3. The number of aryl methyl sites for hydroxylation is 1. The lowest BCUT2D eigenvalue weighted by atomic mass is 10.2. The Morgan fingerprint density at radius 1 is 1.47 bits per heavy atom. The van der Waals surface area contributed by atoms with E-state index in [0.29, 0.717) is 5.39 Å². The van der Waals surface area contributed by atoms with Gasteiger partial charge in [0.2, 0.25) is 0 Å². The third-order valence-electron chi connectivity index (χ3n) is 2.71. The maximum Gasteiger partial charge on any atom is 0.278 e. The van der Waals surface area contributed by atoms with E-state index >= 15 is 0 Å². The number of rotatable bonds is 3. The van der Waals surface area contributed by atoms with Crippen LogP contribution in [0.15, 0.2) is 24.3 Å². The Balaban J connectivity index is 2.71. The maximum atomic E-state index is 11.2. The highest BCUT2D eigenvalue weighted by molar-refractivity contribution is 5.91. The lowest BCUT2D eigenvalue weighted by Crippen LogP contribution is -2.07. The molecule has 0 saturated carbocycles. The lowest BCUT2D eigenvalue weighted by molar-refractivity contribution is -0.383. The van der Waals surface area contributed by atoms with Crippen LogP contribution < -0.4 is 0 Å². The van der Waals surface area contributed by atoms with Crippen LogP contribution in [-0.4, -0.2) is 15.3 Å². The van der Waals surface area contributed by atoms with Gasteiger partial charge in [0.1, 0.15) is 5.78 Å². The van der Waals surface area contributed by atoms with Gasteiger partial charge in [-0.1, -0.05) is 6.07 Å². The molecule has 0 atom stereocenters. The molecule has 2 rings (SSSR count). The van der Waals surface area contributed by atoms with Gasteiger partial charge in [0.05, 0.1) is 22.4 Å².